The van der Waals surface area contributed by atoms with Crippen LogP contribution in [0.15, 0.2) is 60.7 Å². The maximum absolute atomic E-state index is 13.9. The Morgan fingerprint density at radius 2 is 1.76 bits per heavy atom. The van der Waals surface area contributed by atoms with Crippen LogP contribution in [-0.2, 0) is 0 Å². The van der Waals surface area contributed by atoms with E-state index in [4.69, 9.17) is 0 Å². The molecule has 0 atom stereocenters. The summed E-state index contributed by atoms with van der Waals surface area (Å²) >= 11 is 0. The fourth-order valence-corrected chi connectivity index (χ4v) is 3.54. The molecule has 3 aromatic rings. The van der Waals surface area contributed by atoms with E-state index in [0.717, 1.165) is 44.0 Å². The van der Waals surface area contributed by atoms with Crippen molar-refractivity contribution in [1.82, 2.24) is 20.4 Å². The molecule has 1 amide bonds. The maximum atomic E-state index is 13.9. The third kappa shape index (κ3) is 4.63. The number of rotatable bonds is 6. The maximum Gasteiger partial charge on any atom is 0.269 e. The van der Waals surface area contributed by atoms with E-state index in [1.807, 2.05) is 42.5 Å². The van der Waals surface area contributed by atoms with Gasteiger partial charge in [0.2, 0.25) is 0 Å². The normalized spacial score (nSPS) is 14.7. The highest BCUT2D eigenvalue weighted by Gasteiger charge is 2.19. The van der Waals surface area contributed by atoms with Crippen molar-refractivity contribution in [3.63, 3.8) is 0 Å². The number of aromatic nitrogens is 2. The number of benzene rings is 2. The highest BCUT2D eigenvalue weighted by atomic mass is 19.1. The number of para-hydroxylation sites is 1. The quantitative estimate of drug-likeness (QED) is 0.676. The number of piperazine rings is 1. The molecule has 2 N–H and O–H groups in total. The predicted molar refractivity (Wildman–Crippen MR) is 111 cm³/mol. The topological polar surface area (TPSA) is 64.3 Å². The summed E-state index contributed by atoms with van der Waals surface area (Å²) in [6.07, 6.45) is 0. The fraction of sp³-hybridized carbons (Fsp3) is 0.273. The number of halogens is 1. The van der Waals surface area contributed by atoms with Crippen LogP contribution in [0.25, 0.3) is 11.3 Å². The average Bonchev–Trinajstić information content (AvgIpc) is 3.26. The zero-order valence-electron chi connectivity index (χ0n) is 16.1. The SMILES string of the molecule is O=C(NCCN1CCN(c2ccccc2F)CC1)c1cc(-c2ccccc2)n[nH]1. The van der Waals surface area contributed by atoms with Crippen LogP contribution in [0.3, 0.4) is 0 Å². The predicted octanol–water partition coefficient (Wildman–Crippen LogP) is 2.77. The number of H-pyrrole nitrogens is 1. The minimum Gasteiger partial charge on any atom is -0.367 e. The first-order valence-electron chi connectivity index (χ1n) is 9.81. The van der Waals surface area contributed by atoms with Crippen molar-refractivity contribution in [3.8, 4) is 11.3 Å². The monoisotopic (exact) mass is 393 g/mol. The van der Waals surface area contributed by atoms with E-state index in [9.17, 15) is 9.18 Å². The summed E-state index contributed by atoms with van der Waals surface area (Å²) in [7, 11) is 0. The summed E-state index contributed by atoms with van der Waals surface area (Å²) in [5.74, 6) is -0.340. The van der Waals surface area contributed by atoms with Gasteiger partial charge in [-0.2, -0.15) is 5.10 Å². The second-order valence-electron chi connectivity index (χ2n) is 7.07. The highest BCUT2D eigenvalue weighted by molar-refractivity contribution is 5.93. The Morgan fingerprint density at radius 1 is 1.03 bits per heavy atom. The minimum atomic E-state index is -0.178. The van der Waals surface area contributed by atoms with E-state index in [2.05, 4.69) is 25.3 Å². The van der Waals surface area contributed by atoms with Crippen LogP contribution in [0.5, 0.6) is 0 Å². The molecule has 0 saturated carbocycles. The number of anilines is 1. The van der Waals surface area contributed by atoms with Crippen molar-refractivity contribution in [2.75, 3.05) is 44.2 Å². The van der Waals surface area contributed by atoms with Crippen LogP contribution >= 0.6 is 0 Å². The smallest absolute Gasteiger partial charge is 0.269 e. The van der Waals surface area contributed by atoms with Gasteiger partial charge in [0.15, 0.2) is 0 Å². The van der Waals surface area contributed by atoms with Crippen LogP contribution < -0.4 is 10.2 Å². The van der Waals surface area contributed by atoms with E-state index in [-0.39, 0.29) is 11.7 Å². The summed E-state index contributed by atoms with van der Waals surface area (Å²) in [5, 5.41) is 9.96. The standard InChI is InChI=1S/C22H24FN5O/c23-18-8-4-5-9-21(18)28-14-12-27(13-15-28)11-10-24-22(29)20-16-19(25-26-20)17-6-2-1-3-7-17/h1-9,16H,10-15H2,(H,24,29)(H,25,26). The summed E-state index contributed by atoms with van der Waals surface area (Å²) in [5.41, 5.74) is 2.83. The van der Waals surface area contributed by atoms with Gasteiger partial charge in [-0.3, -0.25) is 14.8 Å². The third-order valence-corrected chi connectivity index (χ3v) is 5.17. The molecule has 2 heterocycles. The van der Waals surface area contributed by atoms with Gasteiger partial charge in [-0.1, -0.05) is 42.5 Å². The molecule has 4 rings (SSSR count). The zero-order chi connectivity index (χ0) is 20.1. The molecule has 150 valence electrons. The van der Waals surface area contributed by atoms with Crippen molar-refractivity contribution in [2.45, 2.75) is 0 Å². The first-order valence-corrected chi connectivity index (χ1v) is 9.81. The van der Waals surface area contributed by atoms with Crippen molar-refractivity contribution in [3.05, 3.63) is 72.2 Å². The Bertz CT molecular complexity index is 951. The molecule has 0 spiro atoms. The van der Waals surface area contributed by atoms with E-state index in [0.29, 0.717) is 17.9 Å². The van der Waals surface area contributed by atoms with Crippen LogP contribution in [0.1, 0.15) is 10.5 Å². The lowest BCUT2D eigenvalue weighted by molar-refractivity contribution is 0.0942. The molecule has 7 heteroatoms. The number of hydrogen-bond acceptors (Lipinski definition) is 4. The Kier molecular flexibility index (Phi) is 5.86. The molecule has 29 heavy (non-hydrogen) atoms. The average molecular weight is 393 g/mol. The number of amides is 1. The van der Waals surface area contributed by atoms with Gasteiger partial charge >= 0.3 is 0 Å². The molecule has 1 saturated heterocycles. The van der Waals surface area contributed by atoms with Gasteiger partial charge in [-0.25, -0.2) is 4.39 Å². The lowest BCUT2D eigenvalue weighted by Gasteiger charge is -2.36. The number of aromatic amines is 1. The molecular formula is C22H24FN5O. The first-order chi connectivity index (χ1) is 14.2. The molecule has 2 aromatic carbocycles. The van der Waals surface area contributed by atoms with Gasteiger partial charge in [0.05, 0.1) is 11.4 Å². The summed E-state index contributed by atoms with van der Waals surface area (Å²) in [6, 6.07) is 18.4. The van der Waals surface area contributed by atoms with E-state index < -0.39 is 0 Å². The molecule has 0 bridgehead atoms. The Hall–Kier alpha value is -3.19. The molecule has 6 nitrogen and oxygen atoms in total. The Labute approximate surface area is 169 Å². The van der Waals surface area contributed by atoms with Gasteiger partial charge in [-0.15, -0.1) is 0 Å². The molecule has 0 unspecified atom stereocenters. The van der Waals surface area contributed by atoms with Gasteiger partial charge in [0, 0.05) is 44.8 Å². The van der Waals surface area contributed by atoms with Crippen LogP contribution in [0.2, 0.25) is 0 Å². The lowest BCUT2D eigenvalue weighted by Crippen LogP contribution is -2.48. The number of hydrogen-bond donors (Lipinski definition) is 2. The number of carbonyl (C=O) groups excluding carboxylic acids is 1. The summed E-state index contributed by atoms with van der Waals surface area (Å²) in [4.78, 5) is 16.7. The van der Waals surface area contributed by atoms with Gasteiger partial charge in [0.25, 0.3) is 5.91 Å². The highest BCUT2D eigenvalue weighted by Crippen LogP contribution is 2.20. The number of nitrogens with one attached hydrogen (secondary N) is 2. The first kappa shape index (κ1) is 19.1. The zero-order valence-corrected chi connectivity index (χ0v) is 16.1. The summed E-state index contributed by atoms with van der Waals surface area (Å²) in [6.45, 7) is 4.54. The van der Waals surface area contributed by atoms with E-state index >= 15 is 0 Å². The second kappa shape index (κ2) is 8.87. The molecule has 1 aromatic heterocycles. The van der Waals surface area contributed by atoms with Crippen molar-refractivity contribution < 1.29 is 9.18 Å². The molecule has 0 radical (unpaired) electrons. The molecule has 1 aliphatic rings. The van der Waals surface area contributed by atoms with Crippen molar-refractivity contribution in [2.24, 2.45) is 0 Å². The van der Waals surface area contributed by atoms with Crippen molar-refractivity contribution in [1.29, 1.82) is 0 Å². The van der Waals surface area contributed by atoms with Gasteiger partial charge < -0.3 is 10.2 Å². The third-order valence-electron chi connectivity index (χ3n) is 5.17. The lowest BCUT2D eigenvalue weighted by atomic mass is 10.1. The molecular weight excluding hydrogens is 369 g/mol. The Morgan fingerprint density at radius 3 is 2.52 bits per heavy atom. The minimum absolute atomic E-state index is 0.162. The summed E-state index contributed by atoms with van der Waals surface area (Å²) < 4.78 is 13.9. The largest absolute Gasteiger partial charge is 0.367 e. The fourth-order valence-electron chi connectivity index (χ4n) is 3.54. The molecule has 1 aliphatic heterocycles. The van der Waals surface area contributed by atoms with Crippen LogP contribution in [0.4, 0.5) is 10.1 Å². The molecule has 1 fully saturated rings. The second-order valence-corrected chi connectivity index (χ2v) is 7.07. The number of carbonyl (C=O) groups is 1. The van der Waals surface area contributed by atoms with E-state index in [1.54, 1.807) is 12.1 Å². The molecule has 0 aliphatic carbocycles. The van der Waals surface area contributed by atoms with Crippen LogP contribution in [0, 0.1) is 5.82 Å². The Balaban J connectivity index is 1.22. The number of nitrogens with zero attached hydrogens (tertiary/aromatic N) is 3. The van der Waals surface area contributed by atoms with Gasteiger partial charge in [0.1, 0.15) is 11.5 Å². The van der Waals surface area contributed by atoms with Crippen molar-refractivity contribution >= 4 is 11.6 Å². The van der Waals surface area contributed by atoms with Crippen LogP contribution in [-0.4, -0.2) is 60.3 Å². The van der Waals surface area contributed by atoms with Gasteiger partial charge in [-0.05, 0) is 18.2 Å². The van der Waals surface area contributed by atoms with E-state index in [1.165, 1.54) is 6.07 Å².